The molecule has 2 rings (SSSR count). The summed E-state index contributed by atoms with van der Waals surface area (Å²) in [5, 5.41) is 10.9. The van der Waals surface area contributed by atoms with Crippen LogP contribution in [0.2, 0.25) is 0 Å². The molecule has 2 unspecified atom stereocenters. The van der Waals surface area contributed by atoms with Crippen LogP contribution < -0.4 is 0 Å². The molecule has 0 fully saturated rings. The minimum absolute atomic E-state index is 0.107. The molecule has 1 amide bonds. The molecular formula is C18H27NO2. The summed E-state index contributed by atoms with van der Waals surface area (Å²) in [7, 11) is 0. The number of carbonyl (C=O) groups excluding carboxylic acids is 1. The van der Waals surface area contributed by atoms with Gasteiger partial charge < -0.3 is 10.0 Å². The second-order valence-electron chi connectivity index (χ2n) is 7.31. The Hall–Kier alpha value is -1.35. The number of rotatable bonds is 2. The van der Waals surface area contributed by atoms with Gasteiger partial charge in [-0.25, -0.2) is 0 Å². The monoisotopic (exact) mass is 289 g/mol. The van der Waals surface area contributed by atoms with Crippen molar-refractivity contribution in [3.63, 3.8) is 0 Å². The average Bonchev–Trinajstić information content (AvgIpc) is 2.44. The van der Waals surface area contributed by atoms with Crippen molar-refractivity contribution in [1.82, 2.24) is 4.90 Å². The van der Waals surface area contributed by atoms with Crippen LogP contribution in [0.4, 0.5) is 0 Å². The molecule has 116 valence electrons. The van der Waals surface area contributed by atoms with Crippen molar-refractivity contribution in [2.24, 2.45) is 5.41 Å². The van der Waals surface area contributed by atoms with Crippen LogP contribution in [0, 0.1) is 5.41 Å². The Balaban J connectivity index is 2.51. The van der Waals surface area contributed by atoms with Crippen LogP contribution in [0.3, 0.4) is 0 Å². The fourth-order valence-corrected chi connectivity index (χ4v) is 3.08. The van der Waals surface area contributed by atoms with Crippen LogP contribution in [0.5, 0.6) is 0 Å². The van der Waals surface area contributed by atoms with E-state index < -0.39 is 11.0 Å². The summed E-state index contributed by atoms with van der Waals surface area (Å²) < 4.78 is 0. The highest BCUT2D eigenvalue weighted by molar-refractivity contribution is 5.82. The maximum absolute atomic E-state index is 12.8. The van der Waals surface area contributed by atoms with Crippen molar-refractivity contribution < 1.29 is 9.90 Å². The number of hydrogen-bond acceptors (Lipinski definition) is 2. The first-order valence-electron chi connectivity index (χ1n) is 7.79. The molecule has 3 heteroatoms. The molecule has 0 bridgehead atoms. The van der Waals surface area contributed by atoms with Crippen LogP contribution >= 0.6 is 0 Å². The van der Waals surface area contributed by atoms with Gasteiger partial charge in [0.15, 0.2) is 0 Å². The van der Waals surface area contributed by atoms with Gasteiger partial charge in [-0.3, -0.25) is 4.79 Å². The molecule has 0 saturated carbocycles. The van der Waals surface area contributed by atoms with Crippen LogP contribution in [-0.4, -0.2) is 28.1 Å². The summed E-state index contributed by atoms with van der Waals surface area (Å²) >= 11 is 0. The van der Waals surface area contributed by atoms with Gasteiger partial charge in [-0.15, -0.1) is 0 Å². The van der Waals surface area contributed by atoms with Gasteiger partial charge in [0.1, 0.15) is 0 Å². The molecule has 0 aromatic heterocycles. The summed E-state index contributed by atoms with van der Waals surface area (Å²) in [5.41, 5.74) is 0.980. The number of hydrogen-bond donors (Lipinski definition) is 1. The fourth-order valence-electron chi connectivity index (χ4n) is 3.08. The minimum atomic E-state index is -0.919. The first-order valence-corrected chi connectivity index (χ1v) is 7.79. The van der Waals surface area contributed by atoms with E-state index in [4.69, 9.17) is 0 Å². The molecule has 1 N–H and O–H groups in total. The van der Waals surface area contributed by atoms with E-state index in [-0.39, 0.29) is 11.9 Å². The van der Waals surface area contributed by atoms with E-state index in [1.165, 1.54) is 5.56 Å². The molecule has 1 aromatic carbocycles. The molecule has 2 atom stereocenters. The number of carbonyl (C=O) groups is 1. The Morgan fingerprint density at radius 1 is 1.29 bits per heavy atom. The summed E-state index contributed by atoms with van der Waals surface area (Å²) in [6.45, 7) is 10.3. The molecule has 1 aromatic rings. The standard InChI is InChI=1S/C18H27NO2/c1-6-18(5,21)15-14-10-8-7-9-13(14)11-12-19(15)16(20)17(2,3)4/h7-10,15,21H,6,11-12H2,1-5H3. The lowest BCUT2D eigenvalue weighted by atomic mass is 9.79. The number of benzene rings is 1. The largest absolute Gasteiger partial charge is 0.388 e. The number of amides is 1. The van der Waals surface area contributed by atoms with Gasteiger partial charge in [0, 0.05) is 12.0 Å². The smallest absolute Gasteiger partial charge is 0.228 e. The van der Waals surface area contributed by atoms with Gasteiger partial charge in [0.2, 0.25) is 5.91 Å². The first-order chi connectivity index (χ1) is 9.68. The van der Waals surface area contributed by atoms with Crippen LogP contribution in [-0.2, 0) is 11.2 Å². The lowest BCUT2D eigenvalue weighted by Crippen LogP contribution is -2.52. The van der Waals surface area contributed by atoms with E-state index in [0.717, 1.165) is 12.0 Å². The van der Waals surface area contributed by atoms with E-state index in [2.05, 4.69) is 6.07 Å². The van der Waals surface area contributed by atoms with Crippen LogP contribution in [0.25, 0.3) is 0 Å². The Morgan fingerprint density at radius 3 is 2.48 bits per heavy atom. The second-order valence-corrected chi connectivity index (χ2v) is 7.31. The van der Waals surface area contributed by atoms with Gasteiger partial charge in [-0.2, -0.15) is 0 Å². The molecule has 1 aliphatic heterocycles. The lowest BCUT2D eigenvalue weighted by Gasteiger charge is -2.46. The quantitative estimate of drug-likeness (QED) is 0.907. The van der Waals surface area contributed by atoms with Crippen LogP contribution in [0.15, 0.2) is 24.3 Å². The Kier molecular flexibility index (Phi) is 4.16. The summed E-state index contributed by atoms with van der Waals surface area (Å²) in [4.78, 5) is 14.7. The number of fused-ring (bicyclic) bond motifs is 1. The van der Waals surface area contributed by atoms with Crippen molar-refractivity contribution >= 4 is 5.91 Å². The molecule has 0 aliphatic carbocycles. The third-order valence-electron chi connectivity index (χ3n) is 4.49. The zero-order valence-electron chi connectivity index (χ0n) is 13.8. The highest BCUT2D eigenvalue weighted by Gasteiger charge is 2.43. The Labute approximate surface area is 128 Å². The molecular weight excluding hydrogens is 262 g/mol. The molecule has 3 nitrogen and oxygen atoms in total. The van der Waals surface area contributed by atoms with Crippen molar-refractivity contribution in [2.75, 3.05) is 6.54 Å². The SMILES string of the molecule is CCC(C)(O)C1c2ccccc2CCN1C(=O)C(C)(C)C. The third kappa shape index (κ3) is 2.98. The predicted octanol–water partition coefficient (Wildman–Crippen LogP) is 3.32. The van der Waals surface area contributed by atoms with Crippen molar-refractivity contribution in [1.29, 1.82) is 0 Å². The Bertz CT molecular complexity index is 528. The minimum Gasteiger partial charge on any atom is -0.388 e. The summed E-state index contributed by atoms with van der Waals surface area (Å²) in [6.07, 6.45) is 1.47. The molecule has 21 heavy (non-hydrogen) atoms. The molecule has 0 radical (unpaired) electrons. The summed E-state index contributed by atoms with van der Waals surface area (Å²) in [5.74, 6) is 0.107. The third-order valence-corrected chi connectivity index (χ3v) is 4.49. The molecule has 0 spiro atoms. The topological polar surface area (TPSA) is 40.5 Å². The van der Waals surface area contributed by atoms with E-state index in [9.17, 15) is 9.90 Å². The zero-order valence-corrected chi connectivity index (χ0v) is 13.8. The van der Waals surface area contributed by atoms with Crippen LogP contribution in [0.1, 0.15) is 58.2 Å². The lowest BCUT2D eigenvalue weighted by molar-refractivity contribution is -0.150. The van der Waals surface area contributed by atoms with Crippen molar-refractivity contribution in [3.8, 4) is 0 Å². The van der Waals surface area contributed by atoms with E-state index in [1.807, 2.05) is 57.7 Å². The van der Waals surface area contributed by atoms with E-state index in [0.29, 0.717) is 13.0 Å². The highest BCUT2D eigenvalue weighted by atomic mass is 16.3. The van der Waals surface area contributed by atoms with Gasteiger partial charge in [0.05, 0.1) is 11.6 Å². The predicted molar refractivity (Wildman–Crippen MR) is 85.0 cm³/mol. The maximum atomic E-state index is 12.8. The fraction of sp³-hybridized carbons (Fsp3) is 0.611. The van der Waals surface area contributed by atoms with E-state index in [1.54, 1.807) is 0 Å². The van der Waals surface area contributed by atoms with Gasteiger partial charge in [-0.05, 0) is 30.9 Å². The maximum Gasteiger partial charge on any atom is 0.228 e. The summed E-state index contributed by atoms with van der Waals surface area (Å²) in [6, 6.07) is 7.90. The van der Waals surface area contributed by atoms with Gasteiger partial charge in [-0.1, -0.05) is 52.0 Å². The highest BCUT2D eigenvalue weighted by Crippen LogP contribution is 2.40. The van der Waals surface area contributed by atoms with Crippen molar-refractivity contribution in [2.45, 2.75) is 59.1 Å². The average molecular weight is 289 g/mol. The Morgan fingerprint density at radius 2 is 1.90 bits per heavy atom. The number of aliphatic hydroxyl groups is 1. The normalized spacial score (nSPS) is 21.6. The number of nitrogens with zero attached hydrogens (tertiary/aromatic N) is 1. The zero-order chi connectivity index (χ0) is 15.8. The van der Waals surface area contributed by atoms with Gasteiger partial charge >= 0.3 is 0 Å². The van der Waals surface area contributed by atoms with E-state index >= 15 is 0 Å². The van der Waals surface area contributed by atoms with Gasteiger partial charge in [0.25, 0.3) is 0 Å². The van der Waals surface area contributed by atoms with Crippen molar-refractivity contribution in [3.05, 3.63) is 35.4 Å². The molecule has 1 aliphatic rings. The second kappa shape index (κ2) is 5.45. The molecule has 1 heterocycles. The molecule has 0 saturated heterocycles. The first kappa shape index (κ1) is 16.0.